The Labute approximate surface area is 183 Å². The molecule has 30 heavy (non-hydrogen) atoms. The lowest BCUT2D eigenvalue weighted by atomic mass is 9.83. The van der Waals surface area contributed by atoms with E-state index >= 15 is 0 Å². The Morgan fingerprint density at radius 2 is 1.93 bits per heavy atom. The summed E-state index contributed by atoms with van der Waals surface area (Å²) in [5.74, 6) is 2.04. The van der Waals surface area contributed by atoms with Crippen molar-refractivity contribution >= 4 is 11.3 Å². The monoisotopic (exact) mass is 427 g/mol. The Morgan fingerprint density at radius 1 is 1.17 bits per heavy atom. The van der Waals surface area contributed by atoms with E-state index in [9.17, 15) is 0 Å². The molecule has 3 rings (SSSR count). The van der Waals surface area contributed by atoms with Crippen molar-refractivity contribution in [2.75, 3.05) is 7.11 Å². The molecule has 162 valence electrons. The van der Waals surface area contributed by atoms with Gasteiger partial charge < -0.3 is 4.74 Å². The van der Waals surface area contributed by atoms with Gasteiger partial charge >= 0.3 is 0 Å². The first-order chi connectivity index (χ1) is 14.2. The van der Waals surface area contributed by atoms with Crippen molar-refractivity contribution in [3.05, 3.63) is 39.8 Å². The fourth-order valence-electron chi connectivity index (χ4n) is 3.38. The summed E-state index contributed by atoms with van der Waals surface area (Å²) in [6.07, 6.45) is 3.04. The predicted octanol–water partition coefficient (Wildman–Crippen LogP) is 5.81. The molecule has 0 atom stereocenters. The molecule has 0 spiro atoms. The smallest absolute Gasteiger partial charge is 0.204 e. The van der Waals surface area contributed by atoms with Crippen LogP contribution in [0, 0.1) is 0 Å². The summed E-state index contributed by atoms with van der Waals surface area (Å²) in [6.45, 7) is 13.0. The Bertz CT molecular complexity index is 974. The van der Waals surface area contributed by atoms with Crippen LogP contribution in [0.15, 0.2) is 23.6 Å². The van der Waals surface area contributed by atoms with Gasteiger partial charge in [0.2, 0.25) is 5.82 Å². The lowest BCUT2D eigenvalue weighted by Gasteiger charge is -2.22. The van der Waals surface area contributed by atoms with Gasteiger partial charge in [-0.15, -0.1) is 21.5 Å². The van der Waals surface area contributed by atoms with E-state index in [1.807, 2.05) is 26.0 Å². The minimum absolute atomic E-state index is 0.0516. The Morgan fingerprint density at radius 3 is 2.53 bits per heavy atom. The fourth-order valence-corrected chi connectivity index (χ4v) is 4.41. The minimum Gasteiger partial charge on any atom is -0.496 e. The highest BCUT2D eigenvalue weighted by atomic mass is 32.1. The van der Waals surface area contributed by atoms with Crippen LogP contribution < -0.4 is 4.74 Å². The Kier molecular flexibility index (Phi) is 6.91. The van der Waals surface area contributed by atoms with Gasteiger partial charge in [0, 0.05) is 22.3 Å². The first-order valence-corrected chi connectivity index (χ1v) is 11.5. The van der Waals surface area contributed by atoms with Crippen molar-refractivity contribution in [1.82, 2.24) is 25.2 Å². The van der Waals surface area contributed by atoms with Crippen molar-refractivity contribution in [3.63, 3.8) is 0 Å². The average Bonchev–Trinajstić information content (AvgIpc) is 3.38. The third kappa shape index (κ3) is 5.06. The van der Waals surface area contributed by atoms with Crippen LogP contribution in [0.25, 0.3) is 11.4 Å². The highest BCUT2D eigenvalue weighted by molar-refractivity contribution is 7.09. The van der Waals surface area contributed by atoms with Gasteiger partial charge in [0.15, 0.2) is 0 Å². The summed E-state index contributed by atoms with van der Waals surface area (Å²) < 4.78 is 5.60. The number of rotatable bonds is 9. The van der Waals surface area contributed by atoms with Crippen molar-refractivity contribution in [1.29, 1.82) is 0 Å². The summed E-state index contributed by atoms with van der Waals surface area (Å²) in [6, 6.07) is 6.32. The summed E-state index contributed by atoms with van der Waals surface area (Å²) in [5, 5.41) is 16.3. The predicted molar refractivity (Wildman–Crippen MR) is 122 cm³/mol. The van der Waals surface area contributed by atoms with Crippen molar-refractivity contribution in [2.24, 2.45) is 0 Å². The largest absolute Gasteiger partial charge is 0.496 e. The second kappa shape index (κ2) is 9.25. The maximum absolute atomic E-state index is 5.60. The van der Waals surface area contributed by atoms with Gasteiger partial charge in [0.1, 0.15) is 5.75 Å². The van der Waals surface area contributed by atoms with Crippen LogP contribution in [0.1, 0.15) is 82.6 Å². The van der Waals surface area contributed by atoms with Crippen LogP contribution in [0.5, 0.6) is 5.75 Å². The summed E-state index contributed by atoms with van der Waals surface area (Å²) >= 11 is 1.77. The fraction of sp³-hybridized carbons (Fsp3) is 0.565. The molecular weight excluding hydrogens is 394 g/mol. The molecule has 0 unspecified atom stereocenters. The van der Waals surface area contributed by atoms with Gasteiger partial charge in [0.05, 0.1) is 23.9 Å². The topological polar surface area (TPSA) is 65.7 Å². The van der Waals surface area contributed by atoms with Crippen molar-refractivity contribution in [3.8, 4) is 17.1 Å². The minimum atomic E-state index is 0.0516. The van der Waals surface area contributed by atoms with E-state index in [1.54, 1.807) is 23.2 Å². The van der Waals surface area contributed by atoms with Crippen LogP contribution in [0.2, 0.25) is 0 Å². The first-order valence-electron chi connectivity index (χ1n) is 10.6. The van der Waals surface area contributed by atoms with Crippen LogP contribution in [-0.2, 0) is 11.8 Å². The molecule has 0 bridgehead atoms. The van der Waals surface area contributed by atoms with Gasteiger partial charge in [-0.05, 0) is 62.1 Å². The number of aryl methyl sites for hydroxylation is 1. The molecular formula is C23H33N5OS. The van der Waals surface area contributed by atoms with E-state index in [0.717, 1.165) is 30.6 Å². The average molecular weight is 428 g/mol. The number of ether oxygens (including phenoxy) is 1. The van der Waals surface area contributed by atoms with E-state index in [-0.39, 0.29) is 11.5 Å². The lowest BCUT2D eigenvalue weighted by molar-refractivity contribution is 0.405. The van der Waals surface area contributed by atoms with E-state index in [4.69, 9.17) is 9.72 Å². The number of nitrogens with zero attached hydrogens (tertiary/aromatic N) is 5. The highest BCUT2D eigenvalue weighted by Gasteiger charge is 2.24. The molecule has 0 amide bonds. The number of aromatic nitrogens is 5. The van der Waals surface area contributed by atoms with Gasteiger partial charge in [-0.25, -0.2) is 4.98 Å². The van der Waals surface area contributed by atoms with Crippen LogP contribution >= 0.6 is 11.3 Å². The standard InChI is InChI=1S/C23H33N5OS/c1-15(2)22-24-20(14-30-22)23(5,6)12-8-9-17-13-18(10-11-19(17)29-7)21-25-27-28(26-21)16(3)4/h10-11,13-16H,8-9,12H2,1-7H3. The summed E-state index contributed by atoms with van der Waals surface area (Å²) in [5.41, 5.74) is 3.40. The van der Waals surface area contributed by atoms with Crippen molar-refractivity contribution < 1.29 is 4.74 Å². The number of methoxy groups -OCH3 is 1. The molecule has 0 fully saturated rings. The maximum Gasteiger partial charge on any atom is 0.204 e. The molecule has 0 N–H and O–H groups in total. The van der Waals surface area contributed by atoms with E-state index in [0.29, 0.717) is 11.7 Å². The number of tetrazole rings is 1. The first kappa shape index (κ1) is 22.4. The summed E-state index contributed by atoms with van der Waals surface area (Å²) in [7, 11) is 1.72. The highest BCUT2D eigenvalue weighted by Crippen LogP contribution is 2.33. The maximum atomic E-state index is 5.60. The zero-order valence-electron chi connectivity index (χ0n) is 19.1. The Hall–Kier alpha value is -2.28. The molecule has 6 nitrogen and oxygen atoms in total. The van der Waals surface area contributed by atoms with E-state index in [2.05, 4.69) is 54.6 Å². The molecule has 3 aromatic rings. The second-order valence-electron chi connectivity index (χ2n) is 9.02. The molecule has 7 heteroatoms. The van der Waals surface area contributed by atoms with Crippen LogP contribution in [0.4, 0.5) is 0 Å². The van der Waals surface area contributed by atoms with Gasteiger partial charge in [0.25, 0.3) is 0 Å². The SMILES string of the molecule is COc1ccc(-c2nnn(C(C)C)n2)cc1CCCC(C)(C)c1csc(C(C)C)n1. The van der Waals surface area contributed by atoms with Crippen molar-refractivity contribution in [2.45, 2.75) is 78.2 Å². The zero-order chi connectivity index (χ0) is 21.9. The Balaban J connectivity index is 1.71. The normalized spacial score (nSPS) is 12.2. The molecule has 0 aliphatic rings. The van der Waals surface area contributed by atoms with Gasteiger partial charge in [-0.2, -0.15) is 4.80 Å². The molecule has 2 aromatic heterocycles. The molecule has 1 aromatic carbocycles. The summed E-state index contributed by atoms with van der Waals surface area (Å²) in [4.78, 5) is 6.52. The second-order valence-corrected chi connectivity index (χ2v) is 9.91. The lowest BCUT2D eigenvalue weighted by Crippen LogP contribution is -2.18. The van der Waals surface area contributed by atoms with E-state index < -0.39 is 0 Å². The zero-order valence-corrected chi connectivity index (χ0v) is 20.0. The van der Waals surface area contributed by atoms with Crippen LogP contribution in [-0.4, -0.2) is 32.3 Å². The molecule has 0 radical (unpaired) electrons. The molecule has 0 saturated heterocycles. The molecule has 0 saturated carbocycles. The number of benzene rings is 1. The van der Waals surface area contributed by atoms with Gasteiger partial charge in [-0.3, -0.25) is 0 Å². The molecule has 2 heterocycles. The number of hydrogen-bond donors (Lipinski definition) is 0. The molecule has 0 aliphatic heterocycles. The third-order valence-electron chi connectivity index (χ3n) is 5.39. The number of thiazole rings is 1. The molecule has 0 aliphatic carbocycles. The van der Waals surface area contributed by atoms with Crippen LogP contribution in [0.3, 0.4) is 0 Å². The number of hydrogen-bond acceptors (Lipinski definition) is 6. The van der Waals surface area contributed by atoms with E-state index in [1.165, 1.54) is 16.3 Å². The quantitative estimate of drug-likeness (QED) is 0.431. The third-order valence-corrected chi connectivity index (χ3v) is 6.53. The van der Waals surface area contributed by atoms with Gasteiger partial charge in [-0.1, -0.05) is 27.7 Å².